The molecule has 29 heavy (non-hydrogen) atoms. The van der Waals surface area contributed by atoms with E-state index in [-0.39, 0.29) is 47.6 Å². The minimum Gasteiger partial charge on any atom is -0.458 e. The first kappa shape index (κ1) is 19.6. The molecule has 6 unspecified atom stereocenters. The number of ether oxygens (including phenoxy) is 2. The molecule has 0 aliphatic heterocycles. The molecule has 6 atom stereocenters. The predicted molar refractivity (Wildman–Crippen MR) is 106 cm³/mol. The fraction of sp³-hybridized carbons (Fsp3) is 0.875. The molecule has 0 amide bonds. The van der Waals surface area contributed by atoms with Crippen molar-refractivity contribution in [1.82, 2.24) is 0 Å². The van der Waals surface area contributed by atoms with Crippen LogP contribution in [0, 0.1) is 35.5 Å². The Bertz CT molecular complexity index is 660. The van der Waals surface area contributed by atoms with Crippen molar-refractivity contribution in [2.24, 2.45) is 35.5 Å². The third kappa shape index (κ3) is 3.53. The number of fused-ring (bicyclic) bond motifs is 5. The predicted octanol–water partition coefficient (Wildman–Crippen LogP) is 4.22. The molecule has 0 heterocycles. The minimum absolute atomic E-state index is 0.00132. The average Bonchev–Trinajstić information content (AvgIpc) is 3.42. The second-order valence-corrected chi connectivity index (χ2v) is 10.2. The van der Waals surface area contributed by atoms with Gasteiger partial charge in [-0.15, -0.1) is 0 Å². The van der Waals surface area contributed by atoms with Crippen molar-refractivity contribution in [3.05, 3.63) is 0 Å². The summed E-state index contributed by atoms with van der Waals surface area (Å²) in [5.74, 6) is 0.675. The Kier molecular flexibility index (Phi) is 5.42. The molecule has 5 aliphatic carbocycles. The Balaban J connectivity index is 1.32. The van der Waals surface area contributed by atoms with E-state index in [1.807, 2.05) is 0 Å². The second kappa shape index (κ2) is 8.03. The summed E-state index contributed by atoms with van der Waals surface area (Å²) in [4.78, 5) is 38.3. The summed E-state index contributed by atoms with van der Waals surface area (Å²) in [5.41, 5.74) is 0. The van der Waals surface area contributed by atoms with Crippen molar-refractivity contribution in [2.75, 3.05) is 0 Å². The van der Waals surface area contributed by atoms with Gasteiger partial charge in [0.1, 0.15) is 18.0 Å². The van der Waals surface area contributed by atoms with Crippen molar-refractivity contribution in [3.63, 3.8) is 0 Å². The van der Waals surface area contributed by atoms with Crippen LogP contribution in [0.15, 0.2) is 0 Å². The lowest BCUT2D eigenvalue weighted by atomic mass is 9.78. The first-order valence-electron chi connectivity index (χ1n) is 12.1. The molecule has 5 fully saturated rings. The molecule has 0 aromatic heterocycles. The smallest absolute Gasteiger partial charge is 0.309 e. The van der Waals surface area contributed by atoms with Crippen molar-refractivity contribution >= 4 is 17.7 Å². The van der Waals surface area contributed by atoms with Gasteiger partial charge in [0, 0.05) is 24.2 Å². The number of hydrogen-bond donors (Lipinski definition) is 0. The van der Waals surface area contributed by atoms with E-state index in [9.17, 15) is 14.4 Å². The number of carbonyl (C=O) groups is 3. The summed E-state index contributed by atoms with van der Waals surface area (Å²) in [5, 5.41) is 0. The van der Waals surface area contributed by atoms with Crippen LogP contribution in [0.2, 0.25) is 0 Å². The van der Waals surface area contributed by atoms with Crippen LogP contribution in [0.25, 0.3) is 0 Å². The number of hydrogen-bond acceptors (Lipinski definition) is 5. The third-order valence-corrected chi connectivity index (χ3v) is 8.66. The van der Waals surface area contributed by atoms with Crippen LogP contribution in [0.1, 0.15) is 83.5 Å². The van der Waals surface area contributed by atoms with Crippen LogP contribution < -0.4 is 0 Å². The molecule has 5 nitrogen and oxygen atoms in total. The Morgan fingerprint density at radius 2 is 1.17 bits per heavy atom. The maximum atomic E-state index is 12.9. The average molecular weight is 403 g/mol. The molecule has 2 bridgehead atoms. The number of carbonyl (C=O) groups excluding carboxylic acids is 3. The molecule has 0 spiro atoms. The van der Waals surface area contributed by atoms with Crippen LogP contribution >= 0.6 is 0 Å². The highest BCUT2D eigenvalue weighted by Gasteiger charge is 2.64. The van der Waals surface area contributed by atoms with Crippen LogP contribution in [0.5, 0.6) is 0 Å². The Morgan fingerprint density at radius 1 is 0.655 bits per heavy atom. The van der Waals surface area contributed by atoms with Crippen LogP contribution in [-0.2, 0) is 23.9 Å². The maximum Gasteiger partial charge on any atom is 0.309 e. The van der Waals surface area contributed by atoms with Gasteiger partial charge < -0.3 is 9.47 Å². The van der Waals surface area contributed by atoms with E-state index < -0.39 is 6.10 Å². The van der Waals surface area contributed by atoms with Crippen LogP contribution in [-0.4, -0.2) is 29.9 Å². The highest BCUT2D eigenvalue weighted by Crippen LogP contribution is 2.59. The zero-order chi connectivity index (χ0) is 20.0. The monoisotopic (exact) mass is 402 g/mol. The molecule has 0 N–H and O–H groups in total. The fourth-order valence-corrected chi connectivity index (χ4v) is 7.22. The lowest BCUT2D eigenvalue weighted by molar-refractivity contribution is -0.183. The minimum atomic E-state index is -0.412. The molecule has 5 saturated carbocycles. The van der Waals surface area contributed by atoms with Gasteiger partial charge in [-0.3, -0.25) is 14.4 Å². The largest absolute Gasteiger partial charge is 0.458 e. The van der Waals surface area contributed by atoms with Gasteiger partial charge >= 0.3 is 11.9 Å². The fourth-order valence-electron chi connectivity index (χ4n) is 7.22. The molecule has 0 saturated heterocycles. The molecule has 5 heteroatoms. The van der Waals surface area contributed by atoms with Crippen LogP contribution in [0.3, 0.4) is 0 Å². The van der Waals surface area contributed by atoms with Gasteiger partial charge in [0.2, 0.25) is 0 Å². The highest BCUT2D eigenvalue weighted by molar-refractivity contribution is 5.85. The van der Waals surface area contributed by atoms with Crippen molar-refractivity contribution in [1.29, 1.82) is 0 Å². The summed E-state index contributed by atoms with van der Waals surface area (Å²) >= 11 is 0. The molecule has 0 radical (unpaired) electrons. The number of Topliss-reactive ketones (excluding diaryl/α,β-unsaturated/α-hetero) is 1. The molecule has 0 aromatic carbocycles. The Labute approximate surface area is 173 Å². The summed E-state index contributed by atoms with van der Waals surface area (Å²) < 4.78 is 12.2. The summed E-state index contributed by atoms with van der Waals surface area (Å²) in [6, 6.07) is 0. The van der Waals surface area contributed by atoms with Gasteiger partial charge in [0.25, 0.3) is 0 Å². The van der Waals surface area contributed by atoms with E-state index in [2.05, 4.69) is 0 Å². The lowest BCUT2D eigenvalue weighted by Gasteiger charge is -2.38. The van der Waals surface area contributed by atoms with E-state index in [1.165, 1.54) is 12.8 Å². The van der Waals surface area contributed by atoms with Gasteiger partial charge in [-0.1, -0.05) is 38.5 Å². The summed E-state index contributed by atoms with van der Waals surface area (Å²) in [7, 11) is 0. The molecule has 5 aliphatic rings. The number of ketones is 1. The second-order valence-electron chi connectivity index (χ2n) is 10.2. The van der Waals surface area contributed by atoms with Gasteiger partial charge in [-0.25, -0.2) is 0 Å². The number of rotatable bonds is 4. The van der Waals surface area contributed by atoms with Gasteiger partial charge in [0.15, 0.2) is 0 Å². The van der Waals surface area contributed by atoms with Crippen molar-refractivity contribution in [2.45, 2.75) is 95.7 Å². The summed E-state index contributed by atoms with van der Waals surface area (Å²) in [6.07, 6.45) is 12.0. The number of esters is 2. The van der Waals surface area contributed by atoms with Gasteiger partial charge in [0.05, 0.1) is 11.8 Å². The zero-order valence-corrected chi connectivity index (χ0v) is 17.4. The van der Waals surface area contributed by atoms with Crippen molar-refractivity contribution in [3.8, 4) is 0 Å². The van der Waals surface area contributed by atoms with Crippen molar-refractivity contribution < 1.29 is 23.9 Å². The molecular formula is C24H34O5. The van der Waals surface area contributed by atoms with Crippen LogP contribution in [0.4, 0.5) is 0 Å². The third-order valence-electron chi connectivity index (χ3n) is 8.66. The van der Waals surface area contributed by atoms with E-state index in [1.54, 1.807) is 0 Å². The Hall–Kier alpha value is -1.39. The topological polar surface area (TPSA) is 69.7 Å². The Morgan fingerprint density at radius 3 is 1.72 bits per heavy atom. The first-order chi connectivity index (χ1) is 14.1. The first-order valence-corrected chi connectivity index (χ1v) is 12.1. The quantitative estimate of drug-likeness (QED) is 0.659. The van der Waals surface area contributed by atoms with E-state index >= 15 is 0 Å². The molecule has 160 valence electrons. The van der Waals surface area contributed by atoms with Gasteiger partial charge in [-0.05, 0) is 44.4 Å². The molecular weight excluding hydrogens is 368 g/mol. The van der Waals surface area contributed by atoms with Gasteiger partial charge in [-0.2, -0.15) is 0 Å². The normalized spacial score (nSPS) is 40.1. The lowest BCUT2D eigenvalue weighted by Crippen LogP contribution is -2.48. The summed E-state index contributed by atoms with van der Waals surface area (Å²) in [6.45, 7) is 0. The zero-order valence-electron chi connectivity index (χ0n) is 17.4. The standard InChI is InChI=1S/C24H34O5/c25-19-12-11-16-17-13-18(20(16)19)22(29-24(27)15-9-5-2-6-10-15)21(17)28-23(26)14-7-3-1-4-8-14/h14-18,20-22H,1-13H2. The molecule has 5 rings (SSSR count). The van der Waals surface area contributed by atoms with E-state index in [4.69, 9.17) is 9.47 Å². The highest BCUT2D eigenvalue weighted by atomic mass is 16.6. The van der Waals surface area contributed by atoms with E-state index in [0.29, 0.717) is 18.1 Å². The SMILES string of the molecule is O=C(OC1C2CC(C1OC(=O)C1CCCCC1)C1C(=O)CCC21)C1CCCCC1. The van der Waals surface area contributed by atoms with E-state index in [0.717, 1.165) is 64.2 Å². The molecule has 0 aromatic rings. The maximum absolute atomic E-state index is 12.9.